The van der Waals surface area contributed by atoms with Crippen molar-refractivity contribution in [3.05, 3.63) is 29.3 Å². The molecule has 1 aliphatic rings. The number of nitrogens with zero attached hydrogens (tertiary/aromatic N) is 2. The van der Waals surface area contributed by atoms with E-state index in [1.807, 2.05) is 25.7 Å². The smallest absolute Gasteiger partial charge is 0.335 e. The van der Waals surface area contributed by atoms with Crippen molar-refractivity contribution in [2.75, 3.05) is 18.0 Å². The second kappa shape index (κ2) is 6.16. The molecule has 0 saturated heterocycles. The van der Waals surface area contributed by atoms with Gasteiger partial charge in [-0.3, -0.25) is 4.90 Å². The summed E-state index contributed by atoms with van der Waals surface area (Å²) in [6.45, 7) is 7.31. The number of hydrogen-bond acceptors (Lipinski definition) is 2. The molecule has 0 saturated carbocycles. The first-order chi connectivity index (χ1) is 9.95. The minimum absolute atomic E-state index is 0.00322. The summed E-state index contributed by atoms with van der Waals surface area (Å²) in [6.07, 6.45) is 1.67. The van der Waals surface area contributed by atoms with E-state index in [0.29, 0.717) is 13.1 Å². The number of benzene rings is 1. The van der Waals surface area contributed by atoms with Gasteiger partial charge in [0, 0.05) is 24.8 Å². The maximum atomic E-state index is 12.7. The highest BCUT2D eigenvalue weighted by Gasteiger charge is 2.27. The van der Waals surface area contributed by atoms with Gasteiger partial charge >= 0.3 is 12.0 Å². The number of carboxylic acids is 1. The van der Waals surface area contributed by atoms with E-state index < -0.39 is 5.97 Å². The molecule has 114 valence electrons. The van der Waals surface area contributed by atoms with Gasteiger partial charge in [-0.05, 0) is 57.4 Å². The molecule has 5 heteroatoms. The van der Waals surface area contributed by atoms with E-state index in [2.05, 4.69) is 0 Å². The lowest BCUT2D eigenvalue weighted by molar-refractivity contribution is 0.0696. The van der Waals surface area contributed by atoms with Crippen LogP contribution in [0.5, 0.6) is 0 Å². The molecule has 0 spiro atoms. The standard InChI is InChI=1S/C16H22N2O3/c1-4-17(11(2)3)16(21)18-9-5-6-12-10-13(15(19)20)7-8-14(12)18/h7-8,10-11H,4-6,9H2,1-3H3,(H,19,20). The van der Waals surface area contributed by atoms with E-state index in [9.17, 15) is 9.59 Å². The van der Waals surface area contributed by atoms with Gasteiger partial charge in [-0.2, -0.15) is 0 Å². The Labute approximate surface area is 125 Å². The third kappa shape index (κ3) is 3.01. The average molecular weight is 290 g/mol. The number of carbonyl (C=O) groups excluding carboxylic acids is 1. The Bertz CT molecular complexity index is 554. The third-order valence-electron chi connectivity index (χ3n) is 3.89. The van der Waals surface area contributed by atoms with E-state index in [1.54, 1.807) is 23.1 Å². The number of rotatable bonds is 3. The maximum absolute atomic E-state index is 12.7. The van der Waals surface area contributed by atoms with E-state index in [-0.39, 0.29) is 17.6 Å². The van der Waals surface area contributed by atoms with Gasteiger partial charge in [-0.25, -0.2) is 9.59 Å². The number of amides is 2. The van der Waals surface area contributed by atoms with Crippen LogP contribution in [0.2, 0.25) is 0 Å². The molecule has 1 aliphatic heterocycles. The molecule has 0 fully saturated rings. The van der Waals surface area contributed by atoms with E-state index >= 15 is 0 Å². The normalized spacial score (nSPS) is 14.0. The van der Waals surface area contributed by atoms with Gasteiger partial charge in [0.05, 0.1) is 5.56 Å². The molecular formula is C16H22N2O3. The van der Waals surface area contributed by atoms with Crippen molar-refractivity contribution in [3.63, 3.8) is 0 Å². The zero-order chi connectivity index (χ0) is 15.6. The lowest BCUT2D eigenvalue weighted by Crippen LogP contribution is -2.48. The molecule has 1 heterocycles. The summed E-state index contributed by atoms with van der Waals surface area (Å²) in [5.41, 5.74) is 2.06. The number of urea groups is 1. The van der Waals surface area contributed by atoms with Gasteiger partial charge in [0.1, 0.15) is 0 Å². The predicted molar refractivity (Wildman–Crippen MR) is 82.0 cm³/mol. The van der Waals surface area contributed by atoms with Crippen molar-refractivity contribution in [1.29, 1.82) is 0 Å². The summed E-state index contributed by atoms with van der Waals surface area (Å²) in [6, 6.07) is 5.15. The predicted octanol–water partition coefficient (Wildman–Crippen LogP) is 2.99. The quantitative estimate of drug-likeness (QED) is 0.931. The van der Waals surface area contributed by atoms with Crippen molar-refractivity contribution in [1.82, 2.24) is 4.90 Å². The van der Waals surface area contributed by atoms with Crippen LogP contribution >= 0.6 is 0 Å². The Morgan fingerprint density at radius 2 is 2.10 bits per heavy atom. The Kier molecular flexibility index (Phi) is 4.50. The Hall–Kier alpha value is -2.04. The molecule has 0 bridgehead atoms. The molecule has 5 nitrogen and oxygen atoms in total. The number of carboxylic acid groups (broad SMARTS) is 1. The zero-order valence-corrected chi connectivity index (χ0v) is 12.8. The van der Waals surface area contributed by atoms with E-state index in [4.69, 9.17) is 5.11 Å². The lowest BCUT2D eigenvalue weighted by Gasteiger charge is -2.35. The van der Waals surface area contributed by atoms with Crippen molar-refractivity contribution in [2.45, 2.75) is 39.7 Å². The first kappa shape index (κ1) is 15.4. The fourth-order valence-electron chi connectivity index (χ4n) is 2.81. The number of anilines is 1. The summed E-state index contributed by atoms with van der Waals surface area (Å²) >= 11 is 0. The van der Waals surface area contributed by atoms with Crippen LogP contribution in [-0.2, 0) is 6.42 Å². The van der Waals surface area contributed by atoms with Crippen molar-refractivity contribution in [2.24, 2.45) is 0 Å². The summed E-state index contributed by atoms with van der Waals surface area (Å²) in [7, 11) is 0. The van der Waals surface area contributed by atoms with Crippen LogP contribution < -0.4 is 4.90 Å². The van der Waals surface area contributed by atoms with Crippen molar-refractivity contribution < 1.29 is 14.7 Å². The molecule has 0 aliphatic carbocycles. The van der Waals surface area contributed by atoms with Gasteiger partial charge in [0.25, 0.3) is 0 Å². The molecule has 2 rings (SSSR count). The first-order valence-corrected chi connectivity index (χ1v) is 7.40. The minimum atomic E-state index is -0.932. The van der Waals surface area contributed by atoms with Crippen LogP contribution in [0.3, 0.4) is 0 Å². The largest absolute Gasteiger partial charge is 0.478 e. The fourth-order valence-corrected chi connectivity index (χ4v) is 2.81. The van der Waals surface area contributed by atoms with Crippen LogP contribution in [0.1, 0.15) is 43.1 Å². The maximum Gasteiger partial charge on any atom is 0.335 e. The molecule has 0 atom stereocenters. The Morgan fingerprint density at radius 1 is 1.38 bits per heavy atom. The number of aryl methyl sites for hydroxylation is 1. The average Bonchev–Trinajstić information content (AvgIpc) is 2.46. The monoisotopic (exact) mass is 290 g/mol. The zero-order valence-electron chi connectivity index (χ0n) is 12.8. The topological polar surface area (TPSA) is 60.9 Å². The number of aromatic carboxylic acids is 1. The van der Waals surface area contributed by atoms with Crippen LogP contribution in [0.15, 0.2) is 18.2 Å². The minimum Gasteiger partial charge on any atom is -0.478 e. The highest BCUT2D eigenvalue weighted by molar-refractivity contribution is 5.95. The van der Waals surface area contributed by atoms with E-state index in [0.717, 1.165) is 24.1 Å². The second-order valence-corrected chi connectivity index (χ2v) is 5.57. The van der Waals surface area contributed by atoms with Gasteiger partial charge in [0.15, 0.2) is 0 Å². The SMILES string of the molecule is CCN(C(=O)N1CCCc2cc(C(=O)O)ccc21)C(C)C. The molecular weight excluding hydrogens is 268 g/mol. The van der Waals surface area contributed by atoms with E-state index in [1.165, 1.54) is 0 Å². The van der Waals surface area contributed by atoms with Crippen LogP contribution in [0.4, 0.5) is 10.5 Å². The first-order valence-electron chi connectivity index (χ1n) is 7.40. The van der Waals surface area contributed by atoms with Gasteiger partial charge < -0.3 is 10.0 Å². The van der Waals surface area contributed by atoms with Crippen LogP contribution in [-0.4, -0.2) is 41.1 Å². The van der Waals surface area contributed by atoms with Crippen molar-refractivity contribution in [3.8, 4) is 0 Å². The molecule has 2 amide bonds. The lowest BCUT2D eigenvalue weighted by atomic mass is 9.99. The third-order valence-corrected chi connectivity index (χ3v) is 3.89. The number of carbonyl (C=O) groups is 2. The van der Waals surface area contributed by atoms with Crippen molar-refractivity contribution >= 4 is 17.7 Å². The highest BCUT2D eigenvalue weighted by Crippen LogP contribution is 2.29. The molecule has 0 unspecified atom stereocenters. The molecule has 1 aromatic rings. The van der Waals surface area contributed by atoms with Crippen LogP contribution in [0, 0.1) is 0 Å². The Morgan fingerprint density at radius 3 is 2.67 bits per heavy atom. The molecule has 0 aromatic heterocycles. The second-order valence-electron chi connectivity index (χ2n) is 5.57. The summed E-state index contributed by atoms with van der Waals surface area (Å²) in [5.74, 6) is -0.932. The molecule has 21 heavy (non-hydrogen) atoms. The fraction of sp³-hybridized carbons (Fsp3) is 0.500. The van der Waals surface area contributed by atoms with Gasteiger partial charge in [-0.15, -0.1) is 0 Å². The Balaban J connectivity index is 2.34. The molecule has 0 radical (unpaired) electrons. The molecule has 1 N–H and O–H groups in total. The van der Waals surface area contributed by atoms with Gasteiger partial charge in [0.2, 0.25) is 0 Å². The highest BCUT2D eigenvalue weighted by atomic mass is 16.4. The summed E-state index contributed by atoms with van der Waals surface area (Å²) in [4.78, 5) is 27.3. The molecule has 1 aromatic carbocycles. The summed E-state index contributed by atoms with van der Waals surface area (Å²) < 4.78 is 0. The number of hydrogen-bond donors (Lipinski definition) is 1. The number of fused-ring (bicyclic) bond motifs is 1. The van der Waals surface area contributed by atoms with Gasteiger partial charge in [-0.1, -0.05) is 0 Å². The van der Waals surface area contributed by atoms with Crippen LogP contribution in [0.25, 0.3) is 0 Å². The summed E-state index contributed by atoms with van der Waals surface area (Å²) in [5, 5.41) is 9.07.